The van der Waals surface area contributed by atoms with Gasteiger partial charge in [0, 0.05) is 26.4 Å². The van der Waals surface area contributed by atoms with Gasteiger partial charge in [0.15, 0.2) is 6.61 Å². The van der Waals surface area contributed by atoms with E-state index in [0.717, 1.165) is 0 Å². The number of nitrogens with zero attached hydrogens (tertiary/aromatic N) is 1. The van der Waals surface area contributed by atoms with Crippen molar-refractivity contribution in [2.45, 2.75) is 0 Å². The molecule has 0 aliphatic heterocycles. The molecule has 3 aromatic rings. The number of nitrogens with one attached hydrogen (secondary N) is 3. The minimum atomic E-state index is -0.971. The molecule has 0 heterocycles. The van der Waals surface area contributed by atoms with Gasteiger partial charge in [-0.2, -0.15) is 5.10 Å². The topological polar surface area (TPSA) is 118 Å². The van der Waals surface area contributed by atoms with Crippen molar-refractivity contribution in [3.05, 3.63) is 94.4 Å². The first-order valence-electron chi connectivity index (χ1n) is 10.8. The summed E-state index contributed by atoms with van der Waals surface area (Å²) in [6.07, 6.45) is 2.91. The first-order chi connectivity index (χ1) is 17.8. The molecule has 190 valence electrons. The van der Waals surface area contributed by atoms with Crippen molar-refractivity contribution in [3.8, 4) is 11.5 Å². The molecule has 3 aromatic carbocycles. The lowest BCUT2D eigenvalue weighted by atomic mass is 10.2. The molecule has 0 aliphatic rings. The van der Waals surface area contributed by atoms with Crippen molar-refractivity contribution in [1.82, 2.24) is 5.43 Å². The minimum absolute atomic E-state index is 0.277. The zero-order chi connectivity index (χ0) is 26.6. The van der Waals surface area contributed by atoms with Gasteiger partial charge < -0.3 is 20.1 Å². The molecule has 0 bridgehead atoms. The zero-order valence-corrected chi connectivity index (χ0v) is 21.7. The predicted molar refractivity (Wildman–Crippen MR) is 146 cm³/mol. The van der Waals surface area contributed by atoms with Crippen molar-refractivity contribution in [2.24, 2.45) is 5.10 Å². The second-order valence-corrected chi connectivity index (χ2v) is 8.66. The van der Waals surface area contributed by atoms with Gasteiger partial charge in [-0.1, -0.05) is 46.3 Å². The van der Waals surface area contributed by atoms with Crippen molar-refractivity contribution >= 4 is 62.8 Å². The monoisotopic (exact) mass is 584 g/mol. The van der Waals surface area contributed by atoms with E-state index in [1.54, 1.807) is 72.8 Å². The normalized spacial score (nSPS) is 10.4. The van der Waals surface area contributed by atoms with Gasteiger partial charge in [0.1, 0.15) is 18.1 Å². The Morgan fingerprint density at radius 2 is 1.73 bits per heavy atom. The van der Waals surface area contributed by atoms with E-state index in [0.29, 0.717) is 44.5 Å². The number of rotatable bonds is 10. The average molecular weight is 586 g/mol. The van der Waals surface area contributed by atoms with Gasteiger partial charge in [-0.05, 0) is 60.7 Å². The molecule has 0 spiro atoms. The predicted octanol–water partition coefficient (Wildman–Crippen LogP) is 4.77. The van der Waals surface area contributed by atoms with Crippen molar-refractivity contribution in [1.29, 1.82) is 0 Å². The van der Waals surface area contributed by atoms with E-state index in [1.165, 1.54) is 6.21 Å². The number of anilines is 2. The Bertz CT molecular complexity index is 1310. The third kappa shape index (κ3) is 9.10. The fourth-order valence-electron chi connectivity index (χ4n) is 2.85. The highest BCUT2D eigenvalue weighted by molar-refractivity contribution is 9.10. The number of benzene rings is 3. The molecule has 0 unspecified atom stereocenters. The number of hydrogen-bond acceptors (Lipinski definition) is 6. The molecular weight excluding hydrogens is 564 g/mol. The number of carbonyl (C=O) groups excluding carboxylic acids is 3. The molecular formula is C26H22BrClN4O5. The third-order valence-electron chi connectivity index (χ3n) is 4.49. The Balaban J connectivity index is 1.54. The van der Waals surface area contributed by atoms with E-state index >= 15 is 0 Å². The van der Waals surface area contributed by atoms with Crippen LogP contribution in [0.4, 0.5) is 11.4 Å². The molecule has 0 saturated carbocycles. The molecule has 3 N–H and O–H groups in total. The van der Waals surface area contributed by atoms with Crippen LogP contribution >= 0.6 is 27.5 Å². The molecule has 0 radical (unpaired) electrons. The lowest BCUT2D eigenvalue weighted by molar-refractivity contribution is -0.136. The Kier molecular flexibility index (Phi) is 10.2. The van der Waals surface area contributed by atoms with Gasteiger partial charge in [0.05, 0.1) is 6.21 Å². The lowest BCUT2D eigenvalue weighted by Crippen LogP contribution is -2.32. The summed E-state index contributed by atoms with van der Waals surface area (Å²) in [5.74, 6) is -1.33. The number of hydrazone groups is 1. The zero-order valence-electron chi connectivity index (χ0n) is 19.4. The Labute approximate surface area is 226 Å². The van der Waals surface area contributed by atoms with Gasteiger partial charge in [-0.25, -0.2) is 5.43 Å². The molecule has 3 amide bonds. The van der Waals surface area contributed by atoms with Gasteiger partial charge in [-0.3, -0.25) is 14.4 Å². The summed E-state index contributed by atoms with van der Waals surface area (Å²) in [5, 5.41) is 9.47. The standard InChI is InChI=1S/C26H22BrClN4O5/c1-2-12-36-22-9-7-20(8-10-22)31-25(34)26(35)32-29-15-17-13-18(27)6-11-23(17)37-16-24(33)30-21-5-3-4-19(28)14-21/h2-11,13-15H,1,12,16H2,(H,30,33)(H,31,34)(H,32,35)/b29-15-. The maximum Gasteiger partial charge on any atom is 0.329 e. The van der Waals surface area contributed by atoms with E-state index in [-0.39, 0.29) is 6.61 Å². The fourth-order valence-corrected chi connectivity index (χ4v) is 3.42. The van der Waals surface area contributed by atoms with E-state index in [4.69, 9.17) is 21.1 Å². The Morgan fingerprint density at radius 1 is 0.946 bits per heavy atom. The Morgan fingerprint density at radius 3 is 2.46 bits per heavy atom. The maximum absolute atomic E-state index is 12.2. The van der Waals surface area contributed by atoms with Gasteiger partial charge in [-0.15, -0.1) is 0 Å². The molecule has 0 atom stereocenters. The number of halogens is 2. The van der Waals surface area contributed by atoms with E-state index in [2.05, 4.69) is 43.7 Å². The van der Waals surface area contributed by atoms with Crippen LogP contribution < -0.4 is 25.5 Å². The minimum Gasteiger partial charge on any atom is -0.490 e. The highest BCUT2D eigenvalue weighted by Gasteiger charge is 2.13. The summed E-state index contributed by atoms with van der Waals surface area (Å²) >= 11 is 9.28. The first kappa shape index (κ1) is 27.4. The fraction of sp³-hybridized carbons (Fsp3) is 0.0769. The first-order valence-corrected chi connectivity index (χ1v) is 12.0. The van der Waals surface area contributed by atoms with Crippen LogP contribution in [0.3, 0.4) is 0 Å². The number of ether oxygens (including phenoxy) is 2. The molecule has 37 heavy (non-hydrogen) atoms. The summed E-state index contributed by atoms with van der Waals surface area (Å²) in [7, 11) is 0. The number of hydrogen-bond donors (Lipinski definition) is 3. The highest BCUT2D eigenvalue weighted by atomic mass is 79.9. The second kappa shape index (κ2) is 13.8. The summed E-state index contributed by atoms with van der Waals surface area (Å²) in [6.45, 7) is 3.65. The average Bonchev–Trinajstić information content (AvgIpc) is 2.87. The molecule has 0 saturated heterocycles. The van der Waals surface area contributed by atoms with Gasteiger partial charge >= 0.3 is 11.8 Å². The summed E-state index contributed by atoms with van der Waals surface area (Å²) in [4.78, 5) is 36.5. The van der Waals surface area contributed by atoms with Crippen molar-refractivity contribution < 1.29 is 23.9 Å². The van der Waals surface area contributed by atoms with E-state index in [9.17, 15) is 14.4 Å². The quantitative estimate of drug-likeness (QED) is 0.137. The molecule has 0 fully saturated rings. The summed E-state index contributed by atoms with van der Waals surface area (Å²) in [6, 6.07) is 18.3. The van der Waals surface area contributed by atoms with Crippen molar-refractivity contribution in [2.75, 3.05) is 23.8 Å². The molecule has 0 aromatic heterocycles. The number of carbonyl (C=O) groups is 3. The van der Waals surface area contributed by atoms with Crippen LogP contribution in [0, 0.1) is 0 Å². The Hall–Kier alpha value is -4.15. The lowest BCUT2D eigenvalue weighted by Gasteiger charge is -2.10. The van der Waals surface area contributed by atoms with Crippen LogP contribution in [0.25, 0.3) is 0 Å². The summed E-state index contributed by atoms with van der Waals surface area (Å²) in [5.41, 5.74) is 3.57. The number of amides is 3. The van der Waals surface area contributed by atoms with Crippen molar-refractivity contribution in [3.63, 3.8) is 0 Å². The molecule has 11 heteroatoms. The van der Waals surface area contributed by atoms with Gasteiger partial charge in [0.25, 0.3) is 5.91 Å². The SMILES string of the molecule is C=CCOc1ccc(NC(=O)C(=O)N/N=C\c2cc(Br)ccc2OCC(=O)Nc2cccc(Cl)c2)cc1. The maximum atomic E-state index is 12.2. The molecule has 3 rings (SSSR count). The van der Waals surface area contributed by atoms with Crippen LogP contribution in [-0.4, -0.2) is 37.1 Å². The van der Waals surface area contributed by atoms with Crippen LogP contribution in [0.1, 0.15) is 5.56 Å². The third-order valence-corrected chi connectivity index (χ3v) is 5.22. The van der Waals surface area contributed by atoms with Crippen LogP contribution in [0.15, 0.2) is 89.0 Å². The smallest absolute Gasteiger partial charge is 0.329 e. The molecule has 0 aliphatic carbocycles. The van der Waals surface area contributed by atoms with Crippen LogP contribution in [0.5, 0.6) is 11.5 Å². The van der Waals surface area contributed by atoms with Crippen LogP contribution in [-0.2, 0) is 14.4 Å². The summed E-state index contributed by atoms with van der Waals surface area (Å²) < 4.78 is 11.7. The molecule has 9 nitrogen and oxygen atoms in total. The van der Waals surface area contributed by atoms with Gasteiger partial charge in [0.2, 0.25) is 0 Å². The second-order valence-electron chi connectivity index (χ2n) is 7.31. The van der Waals surface area contributed by atoms with Crippen LogP contribution in [0.2, 0.25) is 5.02 Å². The largest absolute Gasteiger partial charge is 0.490 e. The highest BCUT2D eigenvalue weighted by Crippen LogP contribution is 2.22. The van der Waals surface area contributed by atoms with E-state index in [1.807, 2.05) is 0 Å². The van der Waals surface area contributed by atoms with E-state index < -0.39 is 17.7 Å².